The maximum Gasteiger partial charge on any atom is 0.337 e. The van der Waals surface area contributed by atoms with E-state index in [2.05, 4.69) is 4.90 Å². The Morgan fingerprint density at radius 1 is 1.37 bits per heavy atom. The monoisotopic (exact) mass is 260 g/mol. The molecule has 0 heterocycles. The van der Waals surface area contributed by atoms with Gasteiger partial charge in [-0.1, -0.05) is 0 Å². The number of ether oxygens (including phenoxy) is 1. The van der Waals surface area contributed by atoms with Gasteiger partial charge in [0.25, 0.3) is 0 Å². The minimum Gasteiger partial charge on any atom is -0.465 e. The lowest BCUT2D eigenvalue weighted by atomic mass is 10.1. The number of benzene rings is 1. The van der Waals surface area contributed by atoms with Crippen LogP contribution in [0, 0.1) is 5.92 Å². The summed E-state index contributed by atoms with van der Waals surface area (Å²) in [5, 5.41) is 0. The Morgan fingerprint density at radius 2 is 2.11 bits per heavy atom. The Labute approximate surface area is 113 Å². The molecular formula is C15H20N2O2. The van der Waals surface area contributed by atoms with Crippen molar-refractivity contribution >= 4 is 17.3 Å². The molecule has 0 amide bonds. The summed E-state index contributed by atoms with van der Waals surface area (Å²) in [6, 6.07) is 6.02. The highest BCUT2D eigenvalue weighted by Gasteiger charge is 2.34. The lowest BCUT2D eigenvalue weighted by Crippen LogP contribution is -2.29. The molecule has 1 aromatic carbocycles. The Hall–Kier alpha value is -1.71. The molecule has 0 saturated heterocycles. The first kappa shape index (κ1) is 12.3. The van der Waals surface area contributed by atoms with Crippen LogP contribution in [0.1, 0.15) is 36.0 Å². The van der Waals surface area contributed by atoms with Crippen LogP contribution in [0.5, 0.6) is 0 Å². The van der Waals surface area contributed by atoms with E-state index < -0.39 is 0 Å². The number of anilines is 2. The standard InChI is InChI=1S/C15H20N2O2/c1-19-15(18)11-4-7-13(16)14(8-11)17(12-5-6-12)9-10-2-3-10/h4,7-8,10,12H,2-3,5-6,9,16H2,1H3. The fourth-order valence-electron chi connectivity index (χ4n) is 2.45. The number of nitrogen functional groups attached to an aromatic ring is 1. The van der Waals surface area contributed by atoms with E-state index >= 15 is 0 Å². The molecule has 1 aromatic rings. The van der Waals surface area contributed by atoms with Crippen molar-refractivity contribution in [3.05, 3.63) is 23.8 Å². The van der Waals surface area contributed by atoms with Crippen LogP contribution in [-0.4, -0.2) is 25.7 Å². The third-order valence-electron chi connectivity index (χ3n) is 3.90. The Kier molecular flexibility index (Phi) is 3.09. The van der Waals surface area contributed by atoms with E-state index in [-0.39, 0.29) is 5.97 Å². The van der Waals surface area contributed by atoms with Gasteiger partial charge < -0.3 is 15.4 Å². The highest BCUT2D eigenvalue weighted by atomic mass is 16.5. The third-order valence-corrected chi connectivity index (χ3v) is 3.90. The minimum atomic E-state index is -0.302. The minimum absolute atomic E-state index is 0.302. The predicted molar refractivity (Wildman–Crippen MR) is 75.3 cm³/mol. The van der Waals surface area contributed by atoms with Crippen LogP contribution in [0.25, 0.3) is 0 Å². The lowest BCUT2D eigenvalue weighted by Gasteiger charge is -2.26. The van der Waals surface area contributed by atoms with Crippen LogP contribution < -0.4 is 10.6 Å². The van der Waals surface area contributed by atoms with Gasteiger partial charge in [0, 0.05) is 12.6 Å². The summed E-state index contributed by atoms with van der Waals surface area (Å²) >= 11 is 0. The smallest absolute Gasteiger partial charge is 0.337 e. The Morgan fingerprint density at radius 3 is 2.68 bits per heavy atom. The van der Waals surface area contributed by atoms with Crippen LogP contribution >= 0.6 is 0 Å². The van der Waals surface area contributed by atoms with Crippen molar-refractivity contribution in [2.24, 2.45) is 5.92 Å². The second-order valence-corrected chi connectivity index (χ2v) is 5.59. The van der Waals surface area contributed by atoms with Crippen LogP contribution in [-0.2, 0) is 4.74 Å². The molecule has 19 heavy (non-hydrogen) atoms. The molecule has 3 rings (SSSR count). The SMILES string of the molecule is COC(=O)c1ccc(N)c(N(CC2CC2)C2CC2)c1. The average molecular weight is 260 g/mol. The Bertz CT molecular complexity index is 493. The van der Waals surface area contributed by atoms with Crippen molar-refractivity contribution in [1.29, 1.82) is 0 Å². The number of nitrogens with two attached hydrogens (primary N) is 1. The van der Waals surface area contributed by atoms with Crippen molar-refractivity contribution in [3.63, 3.8) is 0 Å². The fourth-order valence-corrected chi connectivity index (χ4v) is 2.45. The van der Waals surface area contributed by atoms with E-state index in [1.54, 1.807) is 6.07 Å². The lowest BCUT2D eigenvalue weighted by molar-refractivity contribution is 0.0601. The first-order valence-electron chi connectivity index (χ1n) is 6.93. The van der Waals surface area contributed by atoms with E-state index in [0.717, 1.165) is 23.8 Å². The Balaban J connectivity index is 1.89. The second-order valence-electron chi connectivity index (χ2n) is 5.59. The van der Waals surface area contributed by atoms with E-state index in [9.17, 15) is 4.79 Å². The molecule has 0 bridgehead atoms. The molecule has 2 aliphatic carbocycles. The van der Waals surface area contributed by atoms with Crippen LogP contribution in [0.4, 0.5) is 11.4 Å². The van der Waals surface area contributed by atoms with Crippen LogP contribution in [0.15, 0.2) is 18.2 Å². The summed E-state index contributed by atoms with van der Waals surface area (Å²) in [4.78, 5) is 14.0. The topological polar surface area (TPSA) is 55.6 Å². The highest BCUT2D eigenvalue weighted by molar-refractivity contribution is 5.92. The van der Waals surface area contributed by atoms with Crippen molar-refractivity contribution in [2.75, 3.05) is 24.3 Å². The summed E-state index contributed by atoms with van der Waals surface area (Å²) in [6.45, 7) is 1.07. The molecule has 4 heteroatoms. The normalized spacial score (nSPS) is 18.2. The third kappa shape index (κ3) is 2.67. The largest absolute Gasteiger partial charge is 0.465 e. The summed E-state index contributed by atoms with van der Waals surface area (Å²) in [5.41, 5.74) is 8.42. The molecule has 2 N–H and O–H groups in total. The fraction of sp³-hybridized carbons (Fsp3) is 0.533. The molecule has 0 atom stereocenters. The molecule has 0 aromatic heterocycles. The number of nitrogens with zero attached hydrogens (tertiary/aromatic N) is 1. The number of carbonyl (C=O) groups is 1. The van der Waals surface area contributed by atoms with Crippen LogP contribution in [0.2, 0.25) is 0 Å². The van der Waals surface area contributed by atoms with Crippen molar-refractivity contribution in [2.45, 2.75) is 31.7 Å². The first-order valence-corrected chi connectivity index (χ1v) is 6.93. The molecular weight excluding hydrogens is 240 g/mol. The van der Waals surface area contributed by atoms with Gasteiger partial charge in [-0.15, -0.1) is 0 Å². The van der Waals surface area contributed by atoms with Gasteiger partial charge in [0.1, 0.15) is 0 Å². The summed E-state index contributed by atoms with van der Waals surface area (Å²) in [6.07, 6.45) is 5.10. The molecule has 0 unspecified atom stereocenters. The zero-order chi connectivity index (χ0) is 13.4. The number of methoxy groups -OCH3 is 1. The number of carbonyl (C=O) groups excluding carboxylic acids is 1. The summed E-state index contributed by atoms with van der Waals surface area (Å²) in [7, 11) is 1.40. The molecule has 4 nitrogen and oxygen atoms in total. The highest BCUT2D eigenvalue weighted by Crippen LogP contribution is 2.39. The number of esters is 1. The quantitative estimate of drug-likeness (QED) is 0.652. The average Bonchev–Trinajstić information content (AvgIpc) is 3.28. The predicted octanol–water partition coefficient (Wildman–Crippen LogP) is 2.43. The summed E-state index contributed by atoms with van der Waals surface area (Å²) in [5.74, 6) is 0.505. The molecule has 2 saturated carbocycles. The maximum atomic E-state index is 11.6. The maximum absolute atomic E-state index is 11.6. The number of hydrogen-bond acceptors (Lipinski definition) is 4. The van der Waals surface area contributed by atoms with Crippen molar-refractivity contribution in [3.8, 4) is 0 Å². The zero-order valence-corrected chi connectivity index (χ0v) is 11.3. The van der Waals surface area contributed by atoms with Crippen LogP contribution in [0.3, 0.4) is 0 Å². The summed E-state index contributed by atoms with van der Waals surface area (Å²) < 4.78 is 4.78. The second kappa shape index (κ2) is 4.76. The molecule has 0 spiro atoms. The van der Waals surface area contributed by atoms with E-state index in [4.69, 9.17) is 10.5 Å². The first-order chi connectivity index (χ1) is 9.19. The van der Waals surface area contributed by atoms with Crippen molar-refractivity contribution < 1.29 is 9.53 Å². The van der Waals surface area contributed by atoms with Crippen molar-refractivity contribution in [1.82, 2.24) is 0 Å². The zero-order valence-electron chi connectivity index (χ0n) is 11.3. The number of rotatable bonds is 5. The van der Waals surface area contributed by atoms with Gasteiger partial charge in [0.05, 0.1) is 24.0 Å². The van der Waals surface area contributed by atoms with E-state index in [0.29, 0.717) is 11.6 Å². The molecule has 0 aliphatic heterocycles. The van der Waals surface area contributed by atoms with Gasteiger partial charge in [-0.25, -0.2) is 4.79 Å². The van der Waals surface area contributed by atoms with E-state index in [1.807, 2.05) is 12.1 Å². The van der Waals surface area contributed by atoms with Gasteiger partial charge in [-0.2, -0.15) is 0 Å². The number of hydrogen-bond donors (Lipinski definition) is 1. The molecule has 2 aliphatic rings. The van der Waals surface area contributed by atoms with Gasteiger partial charge in [-0.05, 0) is 49.8 Å². The molecule has 102 valence electrons. The molecule has 0 radical (unpaired) electrons. The van der Waals surface area contributed by atoms with Gasteiger partial charge >= 0.3 is 5.97 Å². The van der Waals surface area contributed by atoms with E-state index in [1.165, 1.54) is 32.8 Å². The van der Waals surface area contributed by atoms with Gasteiger partial charge in [-0.3, -0.25) is 0 Å². The van der Waals surface area contributed by atoms with Gasteiger partial charge in [0.15, 0.2) is 0 Å². The molecule has 2 fully saturated rings. The van der Waals surface area contributed by atoms with Gasteiger partial charge in [0.2, 0.25) is 0 Å².